The van der Waals surface area contributed by atoms with E-state index in [1.54, 1.807) is 7.05 Å². The van der Waals surface area contributed by atoms with Gasteiger partial charge in [-0.05, 0) is 19.3 Å². The lowest BCUT2D eigenvalue weighted by Crippen LogP contribution is -2.38. The van der Waals surface area contributed by atoms with Gasteiger partial charge in [0.15, 0.2) is 11.8 Å². The van der Waals surface area contributed by atoms with E-state index in [4.69, 9.17) is 9.26 Å². The minimum absolute atomic E-state index is 0. The van der Waals surface area contributed by atoms with Gasteiger partial charge in [0, 0.05) is 25.6 Å². The molecule has 1 heterocycles. The van der Waals surface area contributed by atoms with Crippen molar-refractivity contribution < 1.29 is 9.26 Å². The molecule has 0 aromatic carbocycles. The van der Waals surface area contributed by atoms with Crippen molar-refractivity contribution in [1.29, 1.82) is 0 Å². The molecular formula is C18H34IN5O2. The zero-order valence-electron chi connectivity index (χ0n) is 16.5. The maximum atomic E-state index is 5.93. The molecule has 8 heteroatoms. The Morgan fingerprint density at radius 1 is 1.23 bits per heavy atom. The van der Waals surface area contributed by atoms with E-state index in [1.165, 1.54) is 32.1 Å². The fourth-order valence-electron chi connectivity index (χ4n) is 2.77. The maximum Gasteiger partial charge on any atom is 0.232 e. The average Bonchev–Trinajstić information content (AvgIpc) is 3.07. The minimum Gasteiger partial charge on any atom is -0.378 e. The zero-order valence-corrected chi connectivity index (χ0v) is 18.8. The summed E-state index contributed by atoms with van der Waals surface area (Å²) < 4.78 is 11.2. The third-order valence-corrected chi connectivity index (χ3v) is 4.27. The summed E-state index contributed by atoms with van der Waals surface area (Å²) in [5.74, 6) is 2.01. The molecule has 1 aromatic rings. The number of hydrogen-bond donors (Lipinski definition) is 2. The number of hydrogen-bond acceptors (Lipinski definition) is 5. The van der Waals surface area contributed by atoms with Crippen molar-refractivity contribution in [1.82, 2.24) is 20.8 Å². The van der Waals surface area contributed by atoms with Crippen LogP contribution in [0.15, 0.2) is 9.52 Å². The van der Waals surface area contributed by atoms with E-state index in [1.807, 2.05) is 20.8 Å². The highest BCUT2D eigenvalue weighted by Gasteiger charge is 2.21. The fraction of sp³-hybridized carbons (Fsp3) is 0.833. The van der Waals surface area contributed by atoms with Crippen LogP contribution >= 0.6 is 24.0 Å². The summed E-state index contributed by atoms with van der Waals surface area (Å²) in [5, 5.41) is 10.5. The van der Waals surface area contributed by atoms with Crippen LogP contribution in [-0.2, 0) is 16.7 Å². The Balaban J connectivity index is 0.00000338. The van der Waals surface area contributed by atoms with E-state index in [0.29, 0.717) is 24.4 Å². The third kappa shape index (κ3) is 8.20. The van der Waals surface area contributed by atoms with Crippen LogP contribution in [0.1, 0.15) is 71.0 Å². The summed E-state index contributed by atoms with van der Waals surface area (Å²) in [7, 11) is 1.75. The van der Waals surface area contributed by atoms with Gasteiger partial charge in [-0.15, -0.1) is 24.0 Å². The lowest BCUT2D eigenvalue weighted by atomic mass is 9.97. The van der Waals surface area contributed by atoms with E-state index in [9.17, 15) is 0 Å². The SMILES string of the molecule is CN=C(NCCCOC1CCCCC1)NCc1noc(C(C)(C)C)n1.I. The normalized spacial score (nSPS) is 16.2. The van der Waals surface area contributed by atoms with Crippen LogP contribution in [0.5, 0.6) is 0 Å². The molecule has 0 atom stereocenters. The number of guanidine groups is 1. The molecule has 0 aliphatic heterocycles. The average molecular weight is 479 g/mol. The molecule has 0 unspecified atom stereocenters. The number of rotatable bonds is 7. The molecule has 0 bridgehead atoms. The molecule has 1 aliphatic carbocycles. The summed E-state index contributed by atoms with van der Waals surface area (Å²) >= 11 is 0. The van der Waals surface area contributed by atoms with Crippen LogP contribution in [0, 0.1) is 0 Å². The summed E-state index contributed by atoms with van der Waals surface area (Å²) in [6.07, 6.45) is 7.87. The van der Waals surface area contributed by atoms with Crippen molar-refractivity contribution in [3.8, 4) is 0 Å². The molecule has 150 valence electrons. The van der Waals surface area contributed by atoms with Gasteiger partial charge in [0.05, 0.1) is 12.6 Å². The van der Waals surface area contributed by atoms with E-state index in [2.05, 4.69) is 25.8 Å². The van der Waals surface area contributed by atoms with E-state index in [-0.39, 0.29) is 29.4 Å². The molecular weight excluding hydrogens is 445 g/mol. The predicted octanol–water partition coefficient (Wildman–Crippen LogP) is 3.39. The van der Waals surface area contributed by atoms with Crippen molar-refractivity contribution in [2.45, 2.75) is 77.4 Å². The number of aromatic nitrogens is 2. The van der Waals surface area contributed by atoms with Crippen LogP contribution in [0.25, 0.3) is 0 Å². The van der Waals surface area contributed by atoms with E-state index in [0.717, 1.165) is 25.5 Å². The van der Waals surface area contributed by atoms with E-state index >= 15 is 0 Å². The van der Waals surface area contributed by atoms with Gasteiger partial charge in [-0.2, -0.15) is 4.98 Å². The molecule has 1 saturated carbocycles. The predicted molar refractivity (Wildman–Crippen MR) is 114 cm³/mol. The Bertz CT molecular complexity index is 536. The molecule has 0 spiro atoms. The molecule has 1 aromatic heterocycles. The fourth-order valence-corrected chi connectivity index (χ4v) is 2.77. The second-order valence-electron chi connectivity index (χ2n) is 7.60. The van der Waals surface area contributed by atoms with Crippen molar-refractivity contribution in [3.05, 3.63) is 11.7 Å². The Kier molecular flexibility index (Phi) is 10.4. The van der Waals surface area contributed by atoms with Gasteiger partial charge in [0.2, 0.25) is 5.89 Å². The van der Waals surface area contributed by atoms with E-state index < -0.39 is 0 Å². The van der Waals surface area contributed by atoms with Crippen LogP contribution < -0.4 is 10.6 Å². The zero-order chi connectivity index (χ0) is 18.1. The third-order valence-electron chi connectivity index (χ3n) is 4.27. The smallest absolute Gasteiger partial charge is 0.232 e. The largest absolute Gasteiger partial charge is 0.378 e. The summed E-state index contributed by atoms with van der Waals surface area (Å²) in [6, 6.07) is 0. The van der Waals surface area contributed by atoms with Gasteiger partial charge in [0.25, 0.3) is 0 Å². The second kappa shape index (κ2) is 11.7. The Labute approximate surface area is 174 Å². The van der Waals surface area contributed by atoms with Crippen molar-refractivity contribution in [2.75, 3.05) is 20.2 Å². The van der Waals surface area contributed by atoms with Gasteiger partial charge in [-0.3, -0.25) is 4.99 Å². The Morgan fingerprint density at radius 3 is 2.58 bits per heavy atom. The van der Waals surface area contributed by atoms with Gasteiger partial charge in [-0.1, -0.05) is 45.2 Å². The van der Waals surface area contributed by atoms with Crippen LogP contribution in [-0.4, -0.2) is 42.4 Å². The Hall–Kier alpha value is -0.900. The minimum atomic E-state index is -0.135. The highest BCUT2D eigenvalue weighted by atomic mass is 127. The molecule has 1 aliphatic rings. The molecule has 1 fully saturated rings. The second-order valence-corrected chi connectivity index (χ2v) is 7.60. The quantitative estimate of drug-likeness (QED) is 0.270. The van der Waals surface area contributed by atoms with Crippen molar-refractivity contribution in [2.24, 2.45) is 4.99 Å². The van der Waals surface area contributed by atoms with Gasteiger partial charge < -0.3 is 19.9 Å². The monoisotopic (exact) mass is 479 g/mol. The van der Waals surface area contributed by atoms with Gasteiger partial charge in [-0.25, -0.2) is 0 Å². The van der Waals surface area contributed by atoms with Crippen molar-refractivity contribution >= 4 is 29.9 Å². The molecule has 26 heavy (non-hydrogen) atoms. The highest BCUT2D eigenvalue weighted by molar-refractivity contribution is 14.0. The first kappa shape index (κ1) is 23.1. The topological polar surface area (TPSA) is 84.6 Å². The Morgan fingerprint density at radius 2 is 1.96 bits per heavy atom. The van der Waals surface area contributed by atoms with Crippen LogP contribution in [0.3, 0.4) is 0 Å². The molecule has 2 N–H and O–H groups in total. The molecule has 7 nitrogen and oxygen atoms in total. The van der Waals surface area contributed by atoms with Crippen molar-refractivity contribution in [3.63, 3.8) is 0 Å². The number of nitrogens with one attached hydrogen (secondary N) is 2. The molecule has 0 amide bonds. The summed E-state index contributed by atoms with van der Waals surface area (Å²) in [6.45, 7) is 8.26. The first-order valence-corrected chi connectivity index (χ1v) is 9.38. The molecule has 0 radical (unpaired) electrons. The first-order valence-electron chi connectivity index (χ1n) is 9.38. The van der Waals surface area contributed by atoms with Crippen LogP contribution in [0.2, 0.25) is 0 Å². The highest BCUT2D eigenvalue weighted by Crippen LogP contribution is 2.20. The maximum absolute atomic E-state index is 5.93. The van der Waals surface area contributed by atoms with Crippen LogP contribution in [0.4, 0.5) is 0 Å². The lowest BCUT2D eigenvalue weighted by Gasteiger charge is -2.22. The lowest BCUT2D eigenvalue weighted by molar-refractivity contribution is 0.0277. The van der Waals surface area contributed by atoms with Gasteiger partial charge in [0.1, 0.15) is 0 Å². The first-order chi connectivity index (χ1) is 12.0. The standard InChI is InChI=1S/C18H33N5O2.HI/c1-18(2,3)16-22-15(23-25-16)13-21-17(19-4)20-11-8-12-24-14-9-6-5-7-10-14;/h14H,5-13H2,1-4H3,(H2,19,20,21);1H. The number of aliphatic imine (C=N–C) groups is 1. The summed E-state index contributed by atoms with van der Waals surface area (Å²) in [4.78, 5) is 8.62. The molecule has 0 saturated heterocycles. The number of halogens is 1. The number of ether oxygens (including phenoxy) is 1. The molecule has 2 rings (SSSR count). The van der Waals surface area contributed by atoms with Gasteiger partial charge >= 0.3 is 0 Å². The summed E-state index contributed by atoms with van der Waals surface area (Å²) in [5.41, 5.74) is -0.135. The number of nitrogens with zero attached hydrogens (tertiary/aromatic N) is 3.